The van der Waals surface area contributed by atoms with Gasteiger partial charge in [0, 0.05) is 49.9 Å². The molecule has 5 heteroatoms. The lowest BCUT2D eigenvalue weighted by Gasteiger charge is -2.26. The fraction of sp³-hybridized carbons (Fsp3) is 0. The first kappa shape index (κ1) is 38.7. The van der Waals surface area contributed by atoms with Gasteiger partial charge < -0.3 is 9.32 Å². The maximum atomic E-state index is 6.79. The van der Waals surface area contributed by atoms with Gasteiger partial charge in [-0.25, -0.2) is 15.0 Å². The molecule has 2 heterocycles. The van der Waals surface area contributed by atoms with E-state index in [2.05, 4.69) is 175 Å². The van der Waals surface area contributed by atoms with Crippen LogP contribution in [0.5, 0.6) is 0 Å². The average Bonchev–Trinajstić information content (AvgIpc) is 3.79. The lowest BCUT2D eigenvalue weighted by atomic mass is 9.94. The fourth-order valence-corrected chi connectivity index (χ4v) is 9.11. The molecule has 2 aromatic heterocycles. The Kier molecular flexibility index (Phi) is 9.77. The zero-order chi connectivity index (χ0) is 43.8. The van der Waals surface area contributed by atoms with E-state index in [1.165, 1.54) is 22.3 Å². The maximum absolute atomic E-state index is 6.79. The van der Waals surface area contributed by atoms with Gasteiger partial charge in [0.2, 0.25) is 0 Å². The van der Waals surface area contributed by atoms with Gasteiger partial charge in [-0.15, -0.1) is 0 Å². The number of fused-ring (bicyclic) bond motifs is 5. The lowest BCUT2D eigenvalue weighted by Crippen LogP contribution is -2.09. The Morgan fingerprint density at radius 2 is 0.697 bits per heavy atom. The highest BCUT2D eigenvalue weighted by Crippen LogP contribution is 2.44. The summed E-state index contributed by atoms with van der Waals surface area (Å²) in [4.78, 5) is 17.5. The van der Waals surface area contributed by atoms with Crippen molar-refractivity contribution in [2.45, 2.75) is 0 Å². The standard InChI is InChI=1S/C61H40N4O/c1-5-16-41(17-6-1)43-28-34-48(35-29-43)65(49-36-30-44(31-37-49)42-18-7-2-8-19-42)50-38-32-45(33-39-50)54-40-55-57-53(26-15-27-56(57)66-58(55)52-25-14-13-24-51(52)54)61-63-59(46-20-9-3-10-21-46)62-60(64-61)47-22-11-4-12-23-47/h1-40H. The van der Waals surface area contributed by atoms with Crippen molar-refractivity contribution in [2.75, 3.05) is 4.90 Å². The van der Waals surface area contributed by atoms with Crippen LogP contribution < -0.4 is 4.90 Å². The highest BCUT2D eigenvalue weighted by molar-refractivity contribution is 6.22. The molecule has 0 fully saturated rings. The van der Waals surface area contributed by atoms with E-state index in [-0.39, 0.29) is 0 Å². The van der Waals surface area contributed by atoms with Crippen LogP contribution in [0.2, 0.25) is 0 Å². The Bertz CT molecular complexity index is 3510. The molecule has 0 aliphatic rings. The molecule has 10 aromatic carbocycles. The molecule has 0 bridgehead atoms. The van der Waals surface area contributed by atoms with Gasteiger partial charge in [0.25, 0.3) is 0 Å². The largest absolute Gasteiger partial charge is 0.455 e. The Morgan fingerprint density at radius 1 is 0.288 bits per heavy atom. The first-order chi connectivity index (χ1) is 32.7. The van der Waals surface area contributed by atoms with Crippen molar-refractivity contribution >= 4 is 49.8 Å². The van der Waals surface area contributed by atoms with Gasteiger partial charge in [-0.05, 0) is 87.3 Å². The van der Waals surface area contributed by atoms with Gasteiger partial charge in [0.05, 0.1) is 0 Å². The molecule has 0 aliphatic carbocycles. The molecule has 66 heavy (non-hydrogen) atoms. The highest BCUT2D eigenvalue weighted by atomic mass is 16.3. The molecule has 0 N–H and O–H groups in total. The summed E-state index contributed by atoms with van der Waals surface area (Å²) in [6.45, 7) is 0. The van der Waals surface area contributed by atoms with Gasteiger partial charge in [0.1, 0.15) is 11.2 Å². The number of nitrogens with zero attached hydrogens (tertiary/aromatic N) is 4. The van der Waals surface area contributed by atoms with E-state index in [1.807, 2.05) is 72.8 Å². The lowest BCUT2D eigenvalue weighted by molar-refractivity contribution is 0.672. The van der Waals surface area contributed by atoms with Crippen molar-refractivity contribution in [2.24, 2.45) is 0 Å². The molecule has 5 nitrogen and oxygen atoms in total. The molecular weight excluding hydrogens is 805 g/mol. The smallest absolute Gasteiger partial charge is 0.164 e. The van der Waals surface area contributed by atoms with Crippen LogP contribution in [-0.2, 0) is 0 Å². The number of rotatable bonds is 9. The van der Waals surface area contributed by atoms with Gasteiger partial charge in [0.15, 0.2) is 17.5 Å². The highest BCUT2D eigenvalue weighted by Gasteiger charge is 2.21. The van der Waals surface area contributed by atoms with E-state index in [9.17, 15) is 0 Å². The summed E-state index contributed by atoms with van der Waals surface area (Å²) in [5, 5.41) is 4.12. The number of anilines is 3. The Labute approximate surface area is 382 Å². The number of furan rings is 1. The second-order valence-corrected chi connectivity index (χ2v) is 16.4. The fourth-order valence-electron chi connectivity index (χ4n) is 9.11. The summed E-state index contributed by atoms with van der Waals surface area (Å²) >= 11 is 0. The molecule has 12 rings (SSSR count). The molecule has 0 saturated carbocycles. The minimum absolute atomic E-state index is 0.587. The first-order valence-electron chi connectivity index (χ1n) is 22.2. The number of hydrogen-bond acceptors (Lipinski definition) is 5. The van der Waals surface area contributed by atoms with E-state index in [0.29, 0.717) is 17.5 Å². The summed E-state index contributed by atoms with van der Waals surface area (Å²) in [6.07, 6.45) is 0. The Balaban J connectivity index is 0.989. The molecule has 0 amide bonds. The van der Waals surface area contributed by atoms with E-state index >= 15 is 0 Å². The van der Waals surface area contributed by atoms with E-state index in [1.54, 1.807) is 0 Å². The number of hydrogen-bond donors (Lipinski definition) is 0. The zero-order valence-electron chi connectivity index (χ0n) is 35.8. The first-order valence-corrected chi connectivity index (χ1v) is 22.2. The van der Waals surface area contributed by atoms with Crippen LogP contribution in [0.1, 0.15) is 0 Å². The van der Waals surface area contributed by atoms with Crippen molar-refractivity contribution in [3.8, 4) is 67.5 Å². The molecule has 0 aliphatic heterocycles. The molecule has 310 valence electrons. The van der Waals surface area contributed by atoms with Crippen LogP contribution in [0.4, 0.5) is 17.1 Å². The van der Waals surface area contributed by atoms with Crippen LogP contribution in [0.15, 0.2) is 247 Å². The van der Waals surface area contributed by atoms with Crippen LogP contribution in [0, 0.1) is 0 Å². The summed E-state index contributed by atoms with van der Waals surface area (Å²) in [7, 11) is 0. The minimum Gasteiger partial charge on any atom is -0.455 e. The third-order valence-electron chi connectivity index (χ3n) is 12.3. The molecule has 0 unspecified atom stereocenters. The summed E-state index contributed by atoms with van der Waals surface area (Å²) in [6, 6.07) is 84.8. The van der Waals surface area contributed by atoms with Crippen LogP contribution in [0.25, 0.3) is 100 Å². The monoisotopic (exact) mass is 844 g/mol. The molecule has 0 radical (unpaired) electrons. The van der Waals surface area contributed by atoms with Crippen molar-refractivity contribution in [1.82, 2.24) is 15.0 Å². The third kappa shape index (κ3) is 7.15. The molecular formula is C61H40N4O. The molecule has 0 spiro atoms. The summed E-state index contributed by atoms with van der Waals surface area (Å²) in [5.41, 5.74) is 14.5. The molecule has 0 atom stereocenters. The molecule has 0 saturated heterocycles. The van der Waals surface area contributed by atoms with Gasteiger partial charge >= 0.3 is 0 Å². The van der Waals surface area contributed by atoms with Crippen molar-refractivity contribution in [3.63, 3.8) is 0 Å². The zero-order valence-corrected chi connectivity index (χ0v) is 35.8. The Hall–Kier alpha value is -8.93. The van der Waals surface area contributed by atoms with Crippen LogP contribution in [-0.4, -0.2) is 15.0 Å². The van der Waals surface area contributed by atoms with Crippen LogP contribution in [0.3, 0.4) is 0 Å². The summed E-state index contributed by atoms with van der Waals surface area (Å²) < 4.78 is 6.79. The average molecular weight is 845 g/mol. The van der Waals surface area contributed by atoms with E-state index in [4.69, 9.17) is 19.4 Å². The normalized spacial score (nSPS) is 11.3. The topological polar surface area (TPSA) is 55.1 Å². The predicted octanol–water partition coefficient (Wildman–Crippen LogP) is 16.4. The van der Waals surface area contributed by atoms with Gasteiger partial charge in [-0.1, -0.05) is 194 Å². The quantitative estimate of drug-likeness (QED) is 0.145. The minimum atomic E-state index is 0.587. The van der Waals surface area contributed by atoms with E-state index in [0.717, 1.165) is 77.6 Å². The second-order valence-electron chi connectivity index (χ2n) is 16.4. The second kappa shape index (κ2) is 16.6. The molecule has 12 aromatic rings. The van der Waals surface area contributed by atoms with Gasteiger partial charge in [-0.2, -0.15) is 0 Å². The predicted molar refractivity (Wildman–Crippen MR) is 272 cm³/mol. The number of benzene rings is 10. The van der Waals surface area contributed by atoms with Crippen LogP contribution >= 0.6 is 0 Å². The Morgan fingerprint density at radius 3 is 1.20 bits per heavy atom. The summed E-state index contributed by atoms with van der Waals surface area (Å²) in [5.74, 6) is 1.82. The van der Waals surface area contributed by atoms with Crippen molar-refractivity contribution in [1.29, 1.82) is 0 Å². The third-order valence-corrected chi connectivity index (χ3v) is 12.3. The van der Waals surface area contributed by atoms with Crippen molar-refractivity contribution in [3.05, 3.63) is 243 Å². The SMILES string of the molecule is c1ccc(-c2ccc(N(c3ccc(-c4ccccc4)cc3)c3ccc(-c4cc5c(oc6cccc(-c7nc(-c8ccccc8)nc(-c8ccccc8)n7)c65)c5ccccc45)cc3)cc2)cc1. The van der Waals surface area contributed by atoms with Crippen molar-refractivity contribution < 1.29 is 4.42 Å². The van der Waals surface area contributed by atoms with E-state index < -0.39 is 0 Å². The maximum Gasteiger partial charge on any atom is 0.164 e. The number of aromatic nitrogens is 3. The van der Waals surface area contributed by atoms with Gasteiger partial charge in [-0.3, -0.25) is 0 Å².